The molecule has 3 amide bonds. The Morgan fingerprint density at radius 3 is 2.61 bits per heavy atom. The molecule has 2 aromatic rings. The van der Waals surface area contributed by atoms with Gasteiger partial charge >= 0.3 is 12.2 Å². The van der Waals surface area contributed by atoms with E-state index in [9.17, 15) is 14.4 Å². The van der Waals surface area contributed by atoms with Crippen molar-refractivity contribution < 1.29 is 23.9 Å². The Hall–Kier alpha value is -3.01. The average Bonchev–Trinajstić information content (AvgIpc) is 3.45. The number of imide groups is 1. The molecule has 36 heavy (non-hydrogen) atoms. The predicted octanol–water partition coefficient (Wildman–Crippen LogP) is 4.24. The number of nitrogens with zero attached hydrogens (tertiary/aromatic N) is 4. The number of halogens is 1. The maximum absolute atomic E-state index is 14.0. The molecule has 0 N–H and O–H groups in total. The smallest absolute Gasteiger partial charge is 0.416 e. The highest BCUT2D eigenvalue weighted by molar-refractivity contribution is 9.10. The zero-order valence-electron chi connectivity index (χ0n) is 20.7. The number of carbonyl (C=O) groups excluding carboxylic acids is 3. The van der Waals surface area contributed by atoms with Gasteiger partial charge in [-0.3, -0.25) is 9.78 Å². The first-order valence-corrected chi connectivity index (χ1v) is 12.9. The van der Waals surface area contributed by atoms with Crippen LogP contribution in [0, 0.1) is 11.8 Å². The van der Waals surface area contributed by atoms with Gasteiger partial charge in [-0.15, -0.1) is 0 Å². The van der Waals surface area contributed by atoms with Crippen LogP contribution in [0.5, 0.6) is 0 Å². The fourth-order valence-corrected chi connectivity index (χ4v) is 4.88. The monoisotopic (exact) mass is 558 g/mol. The lowest BCUT2D eigenvalue weighted by molar-refractivity contribution is -0.135. The number of aromatic nitrogens is 2. The molecule has 2 saturated heterocycles. The molecule has 2 fully saturated rings. The molecule has 0 aliphatic carbocycles. The van der Waals surface area contributed by atoms with Gasteiger partial charge < -0.3 is 14.4 Å². The molecule has 0 radical (unpaired) electrons. The SMILES string of the molecule is CC(C)(C)OC(=O)N1CC[C@H]([C@H](Cc2cnc(Br)cn2)C(=O)N2C(=O)OC[C@@H]2Cc2ccccc2)C1. The zero-order valence-corrected chi connectivity index (χ0v) is 22.3. The van der Waals surface area contributed by atoms with E-state index in [4.69, 9.17) is 9.47 Å². The first-order valence-electron chi connectivity index (χ1n) is 12.1. The summed E-state index contributed by atoms with van der Waals surface area (Å²) in [7, 11) is 0. The maximum Gasteiger partial charge on any atom is 0.416 e. The third kappa shape index (κ3) is 6.40. The van der Waals surface area contributed by atoms with Crippen molar-refractivity contribution in [1.29, 1.82) is 0 Å². The van der Waals surface area contributed by atoms with Gasteiger partial charge in [0.05, 0.1) is 17.9 Å². The summed E-state index contributed by atoms with van der Waals surface area (Å²) in [6.07, 6.45) is 3.60. The summed E-state index contributed by atoms with van der Waals surface area (Å²) in [4.78, 5) is 50.9. The van der Waals surface area contributed by atoms with Crippen LogP contribution in [0.4, 0.5) is 9.59 Å². The highest BCUT2D eigenvalue weighted by Gasteiger charge is 2.45. The Balaban J connectivity index is 1.56. The summed E-state index contributed by atoms with van der Waals surface area (Å²) in [5, 5.41) is 0. The van der Waals surface area contributed by atoms with Crippen molar-refractivity contribution in [3.63, 3.8) is 0 Å². The maximum atomic E-state index is 14.0. The largest absolute Gasteiger partial charge is 0.447 e. The van der Waals surface area contributed by atoms with Crippen LogP contribution in [0.15, 0.2) is 47.3 Å². The molecule has 0 unspecified atom stereocenters. The molecule has 1 aromatic heterocycles. The van der Waals surface area contributed by atoms with E-state index in [-0.39, 0.29) is 18.4 Å². The third-order valence-corrected chi connectivity index (χ3v) is 6.79. The van der Waals surface area contributed by atoms with Crippen LogP contribution in [-0.4, -0.2) is 69.2 Å². The second-order valence-electron chi connectivity index (χ2n) is 10.2. The van der Waals surface area contributed by atoms with Crippen molar-refractivity contribution in [2.24, 2.45) is 11.8 Å². The van der Waals surface area contributed by atoms with Crippen molar-refractivity contribution in [3.8, 4) is 0 Å². The second kappa shape index (κ2) is 10.9. The fourth-order valence-electron chi connectivity index (χ4n) is 4.68. The van der Waals surface area contributed by atoms with E-state index < -0.39 is 29.7 Å². The van der Waals surface area contributed by atoms with Gasteiger partial charge in [-0.05, 0) is 61.0 Å². The topological polar surface area (TPSA) is 102 Å². The molecule has 192 valence electrons. The lowest BCUT2D eigenvalue weighted by Crippen LogP contribution is -2.46. The summed E-state index contributed by atoms with van der Waals surface area (Å²) in [5.74, 6) is -1.04. The van der Waals surface area contributed by atoms with Gasteiger partial charge in [-0.1, -0.05) is 30.3 Å². The van der Waals surface area contributed by atoms with E-state index >= 15 is 0 Å². The molecular weight excluding hydrogens is 528 g/mol. The summed E-state index contributed by atoms with van der Waals surface area (Å²) < 4.78 is 11.4. The Morgan fingerprint density at radius 2 is 1.94 bits per heavy atom. The Bertz CT molecular complexity index is 1090. The van der Waals surface area contributed by atoms with E-state index in [1.165, 1.54) is 4.90 Å². The summed E-state index contributed by atoms with van der Waals surface area (Å²) in [6, 6.07) is 9.32. The summed E-state index contributed by atoms with van der Waals surface area (Å²) in [5.41, 5.74) is 1.05. The Kier molecular flexibility index (Phi) is 7.92. The number of amides is 3. The zero-order chi connectivity index (χ0) is 25.9. The fraction of sp³-hybridized carbons (Fsp3) is 0.500. The predicted molar refractivity (Wildman–Crippen MR) is 135 cm³/mol. The molecule has 4 rings (SSSR count). The van der Waals surface area contributed by atoms with Gasteiger partial charge in [0.2, 0.25) is 5.91 Å². The highest BCUT2D eigenvalue weighted by atomic mass is 79.9. The minimum Gasteiger partial charge on any atom is -0.447 e. The summed E-state index contributed by atoms with van der Waals surface area (Å²) >= 11 is 3.29. The average molecular weight is 559 g/mol. The number of cyclic esters (lactones) is 1. The van der Waals surface area contributed by atoms with Crippen molar-refractivity contribution in [2.45, 2.75) is 51.7 Å². The molecular formula is C26H31BrN4O5. The molecule has 1 aromatic carbocycles. The Labute approximate surface area is 219 Å². The number of carbonyl (C=O) groups is 3. The van der Waals surface area contributed by atoms with Crippen molar-refractivity contribution in [1.82, 2.24) is 19.8 Å². The molecule has 2 aliphatic rings. The molecule has 0 saturated carbocycles. The van der Waals surface area contributed by atoms with Gasteiger partial charge in [0.1, 0.15) is 16.8 Å². The lowest BCUT2D eigenvalue weighted by atomic mass is 9.86. The number of hydrogen-bond acceptors (Lipinski definition) is 7. The molecule has 2 aliphatic heterocycles. The first kappa shape index (κ1) is 26.1. The third-order valence-electron chi connectivity index (χ3n) is 6.38. The van der Waals surface area contributed by atoms with Crippen molar-refractivity contribution >= 4 is 34.0 Å². The van der Waals surface area contributed by atoms with Crippen LogP contribution in [-0.2, 0) is 27.1 Å². The van der Waals surface area contributed by atoms with Crippen LogP contribution in [0.3, 0.4) is 0 Å². The van der Waals surface area contributed by atoms with Gasteiger partial charge in [0, 0.05) is 31.6 Å². The van der Waals surface area contributed by atoms with Crippen molar-refractivity contribution in [2.75, 3.05) is 19.7 Å². The van der Waals surface area contributed by atoms with E-state index in [1.54, 1.807) is 17.3 Å². The minimum absolute atomic E-state index is 0.152. The Morgan fingerprint density at radius 1 is 1.19 bits per heavy atom. The molecule has 3 atom stereocenters. The number of benzene rings is 1. The minimum atomic E-state index is -0.630. The number of likely N-dealkylation sites (tertiary alicyclic amines) is 1. The van der Waals surface area contributed by atoms with Gasteiger partial charge in [0.15, 0.2) is 0 Å². The summed E-state index contributed by atoms with van der Waals surface area (Å²) in [6.45, 7) is 6.46. The van der Waals surface area contributed by atoms with Crippen LogP contribution in [0.25, 0.3) is 0 Å². The quantitative estimate of drug-likeness (QED) is 0.522. The van der Waals surface area contributed by atoms with E-state index in [0.717, 1.165) is 5.56 Å². The molecule has 0 bridgehead atoms. The van der Waals surface area contributed by atoms with E-state index in [1.807, 2.05) is 51.1 Å². The van der Waals surface area contributed by atoms with Crippen LogP contribution >= 0.6 is 15.9 Å². The number of ether oxygens (including phenoxy) is 2. The molecule has 0 spiro atoms. The van der Waals surface area contributed by atoms with E-state index in [2.05, 4.69) is 25.9 Å². The normalized spacial score (nSPS) is 20.8. The van der Waals surface area contributed by atoms with Crippen LogP contribution < -0.4 is 0 Å². The van der Waals surface area contributed by atoms with E-state index in [0.29, 0.717) is 42.6 Å². The number of hydrogen-bond donors (Lipinski definition) is 0. The molecule has 3 heterocycles. The van der Waals surface area contributed by atoms with Crippen molar-refractivity contribution in [3.05, 3.63) is 58.6 Å². The van der Waals surface area contributed by atoms with Gasteiger partial charge in [-0.25, -0.2) is 19.5 Å². The second-order valence-corrected chi connectivity index (χ2v) is 11.1. The van der Waals surface area contributed by atoms with Crippen LogP contribution in [0.1, 0.15) is 38.4 Å². The van der Waals surface area contributed by atoms with Gasteiger partial charge in [-0.2, -0.15) is 0 Å². The van der Waals surface area contributed by atoms with Crippen LogP contribution in [0.2, 0.25) is 0 Å². The number of rotatable bonds is 6. The molecule has 9 nitrogen and oxygen atoms in total. The lowest BCUT2D eigenvalue weighted by Gasteiger charge is -2.29. The highest BCUT2D eigenvalue weighted by Crippen LogP contribution is 2.32. The molecule has 10 heteroatoms. The first-order chi connectivity index (χ1) is 17.1. The van der Waals surface area contributed by atoms with Gasteiger partial charge in [0.25, 0.3) is 0 Å². The standard InChI is InChI=1S/C26H31BrN4O5/c1-26(2,3)36-24(33)30-10-9-18(15-30)21(12-19-13-29-22(27)14-28-19)23(32)31-20(16-35-25(31)34)11-17-7-5-4-6-8-17/h4-8,13-14,18,20-21H,9-12,15-16H2,1-3H3/t18-,20-,21-/m0/s1.